The standard InChI is InChI=1S/C34H30ClN3O6S/c1-5-15-44-31-24(35)16-21(17-27(31)43-7-3)18-28-33(41)38-30(22-13-14-25(39)26(19-22)42-6-2)29(20(4)36-34(38)45-28)32(40)37-23-11-9-8-10-12-23/h1,8-14,16-19,30,39H,6-7,15H2,2-4H3,(H,37,40)/b28-18-/t30-/m0/s1. The van der Waals surface area contributed by atoms with E-state index >= 15 is 0 Å². The van der Waals surface area contributed by atoms with Crippen LogP contribution in [0.15, 0.2) is 81.7 Å². The molecule has 2 heterocycles. The number of terminal acetylenes is 1. The Morgan fingerprint density at radius 1 is 1.11 bits per heavy atom. The quantitative estimate of drug-likeness (QED) is 0.234. The average Bonchev–Trinajstić information content (AvgIpc) is 3.31. The van der Waals surface area contributed by atoms with Gasteiger partial charge in [0.25, 0.3) is 11.5 Å². The summed E-state index contributed by atoms with van der Waals surface area (Å²) in [6, 6.07) is 16.3. The maximum Gasteiger partial charge on any atom is 0.271 e. The van der Waals surface area contributed by atoms with Gasteiger partial charge in [-0.15, -0.1) is 6.42 Å². The number of aromatic hydroxyl groups is 1. The molecule has 0 saturated heterocycles. The number of ether oxygens (including phenoxy) is 3. The molecule has 0 aliphatic carbocycles. The average molecular weight is 644 g/mol. The van der Waals surface area contributed by atoms with Crippen molar-refractivity contribution in [2.24, 2.45) is 4.99 Å². The predicted molar refractivity (Wildman–Crippen MR) is 175 cm³/mol. The molecular formula is C34H30ClN3O6S. The number of phenols is 1. The molecule has 0 saturated carbocycles. The summed E-state index contributed by atoms with van der Waals surface area (Å²) in [5.41, 5.74) is 2.12. The summed E-state index contributed by atoms with van der Waals surface area (Å²) in [6.07, 6.45) is 7.04. The monoisotopic (exact) mass is 643 g/mol. The molecule has 5 rings (SSSR count). The molecule has 0 fully saturated rings. The zero-order chi connectivity index (χ0) is 32.1. The molecule has 3 aromatic carbocycles. The van der Waals surface area contributed by atoms with Crippen LogP contribution in [0, 0.1) is 12.3 Å². The first kappa shape index (κ1) is 31.4. The number of allylic oxidation sites excluding steroid dienone is 1. The normalized spacial score (nSPS) is 14.3. The second-order valence-electron chi connectivity index (χ2n) is 9.82. The van der Waals surface area contributed by atoms with Crippen molar-refractivity contribution in [3.8, 4) is 35.3 Å². The molecule has 1 aliphatic rings. The number of aromatic nitrogens is 1. The van der Waals surface area contributed by atoms with Gasteiger partial charge >= 0.3 is 0 Å². The van der Waals surface area contributed by atoms with Gasteiger partial charge in [0.2, 0.25) is 0 Å². The predicted octanol–water partition coefficient (Wildman–Crippen LogP) is 5.04. The van der Waals surface area contributed by atoms with E-state index in [9.17, 15) is 14.7 Å². The Bertz CT molecular complexity index is 2010. The molecule has 0 unspecified atom stereocenters. The molecule has 1 amide bonds. The maximum atomic E-state index is 14.2. The van der Waals surface area contributed by atoms with Crippen LogP contribution in [0.3, 0.4) is 0 Å². The van der Waals surface area contributed by atoms with Gasteiger partial charge in [0.1, 0.15) is 6.61 Å². The number of para-hydroxylation sites is 1. The molecule has 1 aromatic heterocycles. The number of fused-ring (bicyclic) bond motifs is 1. The molecule has 1 atom stereocenters. The number of nitrogens with one attached hydrogen (secondary N) is 1. The first-order valence-electron chi connectivity index (χ1n) is 14.1. The first-order valence-corrected chi connectivity index (χ1v) is 15.3. The maximum absolute atomic E-state index is 14.2. The van der Waals surface area contributed by atoms with Crippen LogP contribution in [0.5, 0.6) is 23.0 Å². The van der Waals surface area contributed by atoms with E-state index in [1.54, 1.807) is 56.3 Å². The van der Waals surface area contributed by atoms with Crippen molar-refractivity contribution < 1.29 is 24.1 Å². The van der Waals surface area contributed by atoms with E-state index in [-0.39, 0.29) is 34.3 Å². The van der Waals surface area contributed by atoms with Gasteiger partial charge in [-0.05, 0) is 74.4 Å². The van der Waals surface area contributed by atoms with Crippen molar-refractivity contribution in [3.05, 3.63) is 108 Å². The summed E-state index contributed by atoms with van der Waals surface area (Å²) >= 11 is 7.71. The van der Waals surface area contributed by atoms with Gasteiger partial charge in [0.05, 0.1) is 40.1 Å². The van der Waals surface area contributed by atoms with Crippen LogP contribution in [0.1, 0.15) is 37.9 Å². The molecule has 230 valence electrons. The van der Waals surface area contributed by atoms with Crippen molar-refractivity contribution in [1.82, 2.24) is 4.57 Å². The molecule has 0 bridgehead atoms. The van der Waals surface area contributed by atoms with Crippen LogP contribution in [0.25, 0.3) is 6.08 Å². The zero-order valence-electron chi connectivity index (χ0n) is 24.8. The fraction of sp³-hybridized carbons (Fsp3) is 0.206. The third-order valence-electron chi connectivity index (χ3n) is 6.83. The topological polar surface area (TPSA) is 111 Å². The van der Waals surface area contributed by atoms with Gasteiger partial charge in [0.15, 0.2) is 27.8 Å². The molecule has 11 heteroatoms. The molecule has 0 radical (unpaired) electrons. The Morgan fingerprint density at radius 3 is 2.56 bits per heavy atom. The Labute approximate surface area is 268 Å². The number of nitrogens with zero attached hydrogens (tertiary/aromatic N) is 2. The highest BCUT2D eigenvalue weighted by molar-refractivity contribution is 7.07. The SMILES string of the molecule is C#CCOc1c(Cl)cc(/C=c2\sc3n(c2=O)[C@@H](c2ccc(O)c(OCC)c2)C(C(=O)Nc2ccccc2)=C(C)N=3)cc1OCC. The molecule has 2 N–H and O–H groups in total. The second kappa shape index (κ2) is 13.8. The number of rotatable bonds is 10. The lowest BCUT2D eigenvalue weighted by molar-refractivity contribution is -0.113. The fourth-order valence-corrected chi connectivity index (χ4v) is 6.28. The molecular weight excluding hydrogens is 614 g/mol. The Balaban J connectivity index is 1.67. The Hall–Kier alpha value is -4.98. The Morgan fingerprint density at radius 2 is 1.84 bits per heavy atom. The van der Waals surface area contributed by atoms with Gasteiger partial charge in [-0.1, -0.05) is 53.1 Å². The number of carbonyl (C=O) groups excluding carboxylic acids is 1. The molecule has 45 heavy (non-hydrogen) atoms. The van der Waals surface area contributed by atoms with Gasteiger partial charge in [-0.25, -0.2) is 4.99 Å². The highest BCUT2D eigenvalue weighted by Crippen LogP contribution is 2.38. The van der Waals surface area contributed by atoms with Crippen LogP contribution in [0.2, 0.25) is 5.02 Å². The van der Waals surface area contributed by atoms with Crippen molar-refractivity contribution in [3.63, 3.8) is 0 Å². The van der Waals surface area contributed by atoms with Gasteiger partial charge in [-0.3, -0.25) is 14.2 Å². The number of anilines is 1. The van der Waals surface area contributed by atoms with Crippen molar-refractivity contribution >= 4 is 40.6 Å². The summed E-state index contributed by atoms with van der Waals surface area (Å²) in [7, 11) is 0. The van der Waals surface area contributed by atoms with Crippen LogP contribution < -0.4 is 34.4 Å². The number of carbonyl (C=O) groups is 1. The van der Waals surface area contributed by atoms with E-state index < -0.39 is 11.9 Å². The highest BCUT2D eigenvalue weighted by atomic mass is 35.5. The zero-order valence-corrected chi connectivity index (χ0v) is 26.4. The van der Waals surface area contributed by atoms with E-state index in [1.165, 1.54) is 22.0 Å². The molecule has 0 spiro atoms. The molecule has 1 aliphatic heterocycles. The van der Waals surface area contributed by atoms with E-state index in [1.807, 2.05) is 25.1 Å². The Kier molecular flexibility index (Phi) is 9.62. The van der Waals surface area contributed by atoms with Crippen molar-refractivity contribution in [1.29, 1.82) is 0 Å². The van der Waals surface area contributed by atoms with Crippen LogP contribution >= 0.6 is 22.9 Å². The van der Waals surface area contributed by atoms with Crippen molar-refractivity contribution in [2.45, 2.75) is 26.8 Å². The number of benzene rings is 3. The van der Waals surface area contributed by atoms with Crippen molar-refractivity contribution in [2.75, 3.05) is 25.1 Å². The second-order valence-corrected chi connectivity index (χ2v) is 11.2. The lowest BCUT2D eigenvalue weighted by Crippen LogP contribution is -2.40. The number of hydrogen-bond acceptors (Lipinski definition) is 8. The lowest BCUT2D eigenvalue weighted by atomic mass is 9.94. The lowest BCUT2D eigenvalue weighted by Gasteiger charge is -2.26. The number of hydrogen-bond donors (Lipinski definition) is 2. The largest absolute Gasteiger partial charge is 0.504 e. The smallest absolute Gasteiger partial charge is 0.271 e. The minimum atomic E-state index is -0.867. The molecule has 4 aromatic rings. The first-order chi connectivity index (χ1) is 21.7. The van der Waals surface area contributed by atoms with E-state index in [0.717, 1.165) is 0 Å². The molecule has 9 nitrogen and oxygen atoms in total. The fourth-order valence-electron chi connectivity index (χ4n) is 4.96. The van der Waals surface area contributed by atoms with Crippen LogP contribution in [-0.2, 0) is 4.79 Å². The summed E-state index contributed by atoms with van der Waals surface area (Å²) in [5.74, 6) is 2.88. The summed E-state index contributed by atoms with van der Waals surface area (Å²) < 4.78 is 18.8. The number of amides is 1. The minimum Gasteiger partial charge on any atom is -0.504 e. The third-order valence-corrected chi connectivity index (χ3v) is 8.09. The van der Waals surface area contributed by atoms with Gasteiger partial charge in [-0.2, -0.15) is 0 Å². The van der Waals surface area contributed by atoms with E-state index in [2.05, 4.69) is 16.2 Å². The summed E-state index contributed by atoms with van der Waals surface area (Å²) in [4.78, 5) is 33.1. The number of thiazole rings is 1. The van der Waals surface area contributed by atoms with Crippen LogP contribution in [0.4, 0.5) is 5.69 Å². The van der Waals surface area contributed by atoms with Crippen LogP contribution in [-0.4, -0.2) is 35.4 Å². The minimum absolute atomic E-state index is 0.0134. The van der Waals surface area contributed by atoms with E-state index in [4.69, 9.17) is 32.2 Å². The van der Waals surface area contributed by atoms with E-state index in [0.29, 0.717) is 56.6 Å². The summed E-state index contributed by atoms with van der Waals surface area (Å²) in [5, 5.41) is 13.6. The van der Waals surface area contributed by atoms with Gasteiger partial charge in [0, 0.05) is 5.69 Å². The third kappa shape index (κ3) is 6.60. The highest BCUT2D eigenvalue weighted by Gasteiger charge is 2.33. The number of phenolic OH excluding ortho intramolecular Hbond substituents is 1. The number of halogens is 1. The summed E-state index contributed by atoms with van der Waals surface area (Å²) in [6.45, 7) is 6.05. The van der Waals surface area contributed by atoms with Gasteiger partial charge < -0.3 is 24.6 Å².